The van der Waals surface area contributed by atoms with Gasteiger partial charge < -0.3 is 10.2 Å². The maximum absolute atomic E-state index is 9.28. The third-order valence-corrected chi connectivity index (χ3v) is 3.96. The van der Waals surface area contributed by atoms with E-state index in [-0.39, 0.29) is 6.04 Å². The second-order valence-electron chi connectivity index (χ2n) is 5.46. The van der Waals surface area contributed by atoms with Gasteiger partial charge in [-0.25, -0.2) is 0 Å². The zero-order valence-corrected chi connectivity index (χ0v) is 13.9. The fraction of sp³-hybridized carbons (Fsp3) is 0.688. The number of anilines is 1. The average Bonchev–Trinajstić information content (AvgIpc) is 2.48. The van der Waals surface area contributed by atoms with Crippen LogP contribution in [0.4, 0.5) is 5.82 Å². The van der Waals surface area contributed by atoms with E-state index < -0.39 is 0 Å². The Labute approximate surface area is 128 Å². The van der Waals surface area contributed by atoms with E-state index in [0.29, 0.717) is 11.4 Å². The molecule has 0 amide bonds. The second-order valence-corrected chi connectivity index (χ2v) is 5.46. The molecule has 21 heavy (non-hydrogen) atoms. The quantitative estimate of drug-likeness (QED) is 0.797. The lowest BCUT2D eigenvalue weighted by atomic mass is 10.1. The van der Waals surface area contributed by atoms with Crippen LogP contribution in [0.3, 0.4) is 0 Å². The van der Waals surface area contributed by atoms with Crippen LogP contribution >= 0.6 is 0 Å². The minimum atomic E-state index is 0.282. The Bertz CT molecular complexity index is 488. The maximum atomic E-state index is 9.28. The van der Waals surface area contributed by atoms with Gasteiger partial charge in [0.2, 0.25) is 0 Å². The number of nitrogens with one attached hydrogen (secondary N) is 1. The van der Waals surface area contributed by atoms with Crippen molar-refractivity contribution < 1.29 is 0 Å². The molecule has 1 unspecified atom stereocenters. The molecular formula is C16H27N5. The summed E-state index contributed by atoms with van der Waals surface area (Å²) in [6.45, 7) is 13.6. The van der Waals surface area contributed by atoms with Crippen LogP contribution in [0.25, 0.3) is 0 Å². The minimum absolute atomic E-state index is 0.282. The molecular weight excluding hydrogens is 262 g/mol. The summed E-state index contributed by atoms with van der Waals surface area (Å²) >= 11 is 0. The minimum Gasteiger partial charge on any atom is -0.365 e. The monoisotopic (exact) mass is 289 g/mol. The van der Waals surface area contributed by atoms with E-state index in [4.69, 9.17) is 0 Å². The number of hydrogen-bond donors (Lipinski definition) is 1. The molecule has 0 aromatic carbocycles. The summed E-state index contributed by atoms with van der Waals surface area (Å²) < 4.78 is 0. The summed E-state index contributed by atoms with van der Waals surface area (Å²) in [5.41, 5.74) is 2.33. The van der Waals surface area contributed by atoms with Gasteiger partial charge in [-0.2, -0.15) is 10.4 Å². The first kappa shape index (κ1) is 17.4. The first-order valence-electron chi connectivity index (χ1n) is 7.76. The predicted molar refractivity (Wildman–Crippen MR) is 86.3 cm³/mol. The van der Waals surface area contributed by atoms with E-state index in [1.165, 1.54) is 0 Å². The van der Waals surface area contributed by atoms with Crippen molar-refractivity contribution >= 4 is 5.82 Å². The lowest BCUT2D eigenvalue weighted by Crippen LogP contribution is -2.26. The van der Waals surface area contributed by atoms with Gasteiger partial charge in [-0.05, 0) is 58.8 Å². The van der Waals surface area contributed by atoms with Gasteiger partial charge in [0.1, 0.15) is 11.6 Å². The molecule has 0 spiro atoms. The molecule has 0 bridgehead atoms. The molecule has 1 aromatic rings. The number of hydrogen-bond acceptors (Lipinski definition) is 5. The van der Waals surface area contributed by atoms with Gasteiger partial charge in [-0.1, -0.05) is 13.8 Å². The van der Waals surface area contributed by atoms with Crippen LogP contribution in [-0.2, 0) is 0 Å². The summed E-state index contributed by atoms with van der Waals surface area (Å²) in [6, 6.07) is 2.51. The summed E-state index contributed by atoms with van der Waals surface area (Å²) in [6.07, 6.45) is 2.19. The smallest absolute Gasteiger partial charge is 0.167 e. The van der Waals surface area contributed by atoms with Crippen molar-refractivity contribution in [1.29, 1.82) is 5.26 Å². The molecule has 1 heterocycles. The van der Waals surface area contributed by atoms with Gasteiger partial charge >= 0.3 is 0 Å². The Morgan fingerprint density at radius 1 is 1.24 bits per heavy atom. The lowest BCUT2D eigenvalue weighted by molar-refractivity contribution is 0.295. The summed E-state index contributed by atoms with van der Waals surface area (Å²) in [4.78, 5) is 2.42. The predicted octanol–water partition coefficient (Wildman–Crippen LogP) is 2.89. The van der Waals surface area contributed by atoms with Crippen LogP contribution in [0.15, 0.2) is 0 Å². The highest BCUT2D eigenvalue weighted by molar-refractivity contribution is 5.56. The van der Waals surface area contributed by atoms with Gasteiger partial charge in [-0.15, -0.1) is 5.10 Å². The molecule has 1 atom stereocenters. The Balaban J connectivity index is 2.58. The topological polar surface area (TPSA) is 64.8 Å². The van der Waals surface area contributed by atoms with Gasteiger partial charge in [0.05, 0.1) is 5.69 Å². The molecule has 5 nitrogen and oxygen atoms in total. The average molecular weight is 289 g/mol. The van der Waals surface area contributed by atoms with Crippen molar-refractivity contribution in [3.8, 4) is 6.07 Å². The van der Waals surface area contributed by atoms with Crippen LogP contribution in [0.2, 0.25) is 0 Å². The van der Waals surface area contributed by atoms with Crippen LogP contribution in [0.5, 0.6) is 0 Å². The van der Waals surface area contributed by atoms with Gasteiger partial charge in [0.15, 0.2) is 5.82 Å². The Morgan fingerprint density at radius 2 is 1.90 bits per heavy atom. The van der Waals surface area contributed by atoms with Gasteiger partial charge in [0, 0.05) is 6.04 Å². The molecule has 0 aliphatic rings. The first-order chi connectivity index (χ1) is 10.0. The van der Waals surface area contributed by atoms with Crippen molar-refractivity contribution in [2.75, 3.05) is 25.0 Å². The fourth-order valence-electron chi connectivity index (χ4n) is 2.31. The molecule has 1 aromatic heterocycles. The second kappa shape index (κ2) is 8.58. The fourth-order valence-corrected chi connectivity index (χ4v) is 2.31. The number of rotatable bonds is 8. The normalized spacial score (nSPS) is 12.2. The van der Waals surface area contributed by atoms with Crippen LogP contribution in [0.1, 0.15) is 50.4 Å². The Kier molecular flexibility index (Phi) is 7.10. The van der Waals surface area contributed by atoms with E-state index in [1.807, 2.05) is 13.8 Å². The van der Waals surface area contributed by atoms with Crippen molar-refractivity contribution in [3.63, 3.8) is 0 Å². The SMILES string of the molecule is CCN(CC)CCCC(C)Nc1nnc(C)c(C)c1C#N. The summed E-state index contributed by atoms with van der Waals surface area (Å²) in [7, 11) is 0. The lowest BCUT2D eigenvalue weighted by Gasteiger charge is -2.20. The van der Waals surface area contributed by atoms with Gasteiger partial charge in [0.25, 0.3) is 0 Å². The zero-order chi connectivity index (χ0) is 15.8. The van der Waals surface area contributed by atoms with E-state index >= 15 is 0 Å². The highest BCUT2D eigenvalue weighted by Gasteiger charge is 2.13. The molecule has 0 aliphatic carbocycles. The zero-order valence-electron chi connectivity index (χ0n) is 13.9. The van der Waals surface area contributed by atoms with E-state index in [9.17, 15) is 5.26 Å². The molecule has 0 fully saturated rings. The number of aromatic nitrogens is 2. The number of aryl methyl sites for hydroxylation is 1. The largest absolute Gasteiger partial charge is 0.365 e. The third kappa shape index (κ3) is 4.98. The molecule has 116 valence electrons. The molecule has 1 rings (SSSR count). The van der Waals surface area contributed by atoms with Crippen molar-refractivity contribution in [2.45, 2.75) is 53.5 Å². The summed E-state index contributed by atoms with van der Waals surface area (Å²) in [5.74, 6) is 0.607. The molecule has 5 heteroatoms. The van der Waals surface area contributed by atoms with Gasteiger partial charge in [-0.3, -0.25) is 0 Å². The third-order valence-electron chi connectivity index (χ3n) is 3.96. The highest BCUT2D eigenvalue weighted by atomic mass is 15.2. The number of nitriles is 1. The standard InChI is InChI=1S/C16H27N5/c1-6-21(7-2)10-8-9-12(3)18-16-15(11-17)13(4)14(5)19-20-16/h12H,6-10H2,1-5H3,(H,18,20). The molecule has 0 radical (unpaired) electrons. The van der Waals surface area contributed by atoms with Crippen molar-refractivity contribution in [3.05, 3.63) is 16.8 Å². The van der Waals surface area contributed by atoms with Crippen molar-refractivity contribution in [1.82, 2.24) is 15.1 Å². The molecule has 0 saturated heterocycles. The Morgan fingerprint density at radius 3 is 2.48 bits per heavy atom. The molecule has 0 aliphatic heterocycles. The molecule has 1 N–H and O–H groups in total. The van der Waals surface area contributed by atoms with Crippen LogP contribution < -0.4 is 5.32 Å². The van der Waals surface area contributed by atoms with E-state index in [1.54, 1.807) is 0 Å². The molecule has 0 saturated carbocycles. The van der Waals surface area contributed by atoms with E-state index in [0.717, 1.165) is 43.7 Å². The number of nitrogens with zero attached hydrogens (tertiary/aromatic N) is 4. The Hall–Kier alpha value is -1.67. The van der Waals surface area contributed by atoms with Crippen molar-refractivity contribution in [2.24, 2.45) is 0 Å². The van der Waals surface area contributed by atoms with Crippen LogP contribution in [-0.4, -0.2) is 40.8 Å². The highest BCUT2D eigenvalue weighted by Crippen LogP contribution is 2.18. The first-order valence-corrected chi connectivity index (χ1v) is 7.76. The van der Waals surface area contributed by atoms with E-state index in [2.05, 4.69) is 47.3 Å². The maximum Gasteiger partial charge on any atom is 0.167 e. The van der Waals surface area contributed by atoms with Crippen LogP contribution in [0, 0.1) is 25.2 Å². The summed E-state index contributed by atoms with van der Waals surface area (Å²) in [5, 5.41) is 20.8.